The lowest BCUT2D eigenvalue weighted by atomic mass is 9.92. The number of anilines is 2. The molecule has 2 aliphatic rings. The molecule has 1 heterocycles. The number of rotatable bonds is 3. The van der Waals surface area contributed by atoms with E-state index in [0.717, 1.165) is 43.7 Å². The molecule has 2 fully saturated rings. The van der Waals surface area contributed by atoms with E-state index >= 15 is 0 Å². The number of nitrogens with one attached hydrogen (secondary N) is 3. The van der Waals surface area contributed by atoms with Gasteiger partial charge in [-0.1, -0.05) is 0 Å². The van der Waals surface area contributed by atoms with Crippen molar-refractivity contribution in [3.05, 3.63) is 24.3 Å². The van der Waals surface area contributed by atoms with Crippen LogP contribution in [0.3, 0.4) is 0 Å². The third-order valence-electron chi connectivity index (χ3n) is 4.58. The molecule has 1 spiro atoms. The van der Waals surface area contributed by atoms with Gasteiger partial charge in [0.1, 0.15) is 0 Å². The molecule has 3 N–H and O–H groups in total. The zero-order chi connectivity index (χ0) is 14.9. The Kier molecular flexibility index (Phi) is 3.68. The van der Waals surface area contributed by atoms with Crippen LogP contribution in [0.5, 0.6) is 0 Å². The number of piperidine rings is 1. The number of carbonyl (C=O) groups is 2. The summed E-state index contributed by atoms with van der Waals surface area (Å²) in [4.78, 5) is 23.3. The summed E-state index contributed by atoms with van der Waals surface area (Å²) in [5, 5.41) is 9.04. The van der Waals surface area contributed by atoms with Gasteiger partial charge in [0.25, 0.3) is 0 Å². The van der Waals surface area contributed by atoms with E-state index in [2.05, 4.69) is 16.0 Å². The van der Waals surface area contributed by atoms with Gasteiger partial charge in [-0.05, 0) is 62.0 Å². The molecule has 1 saturated heterocycles. The Morgan fingerprint density at radius 2 is 1.67 bits per heavy atom. The van der Waals surface area contributed by atoms with Gasteiger partial charge in [0, 0.05) is 24.2 Å². The second-order valence-electron chi connectivity index (χ2n) is 6.12. The maximum Gasteiger partial charge on any atom is 0.228 e. The Morgan fingerprint density at radius 1 is 1.10 bits per heavy atom. The van der Waals surface area contributed by atoms with Crippen LogP contribution in [0.4, 0.5) is 11.4 Å². The monoisotopic (exact) mass is 287 g/mol. The van der Waals surface area contributed by atoms with E-state index in [-0.39, 0.29) is 23.1 Å². The van der Waals surface area contributed by atoms with Crippen LogP contribution >= 0.6 is 0 Å². The fraction of sp³-hybridized carbons (Fsp3) is 0.500. The van der Waals surface area contributed by atoms with E-state index in [1.54, 1.807) is 12.1 Å². The highest BCUT2D eigenvalue weighted by Crippen LogP contribution is 2.58. The molecule has 1 aliphatic carbocycles. The number of carbonyl (C=O) groups excluding carboxylic acids is 2. The average Bonchev–Trinajstić information content (AvgIpc) is 3.15. The van der Waals surface area contributed by atoms with Crippen LogP contribution < -0.4 is 16.0 Å². The zero-order valence-electron chi connectivity index (χ0n) is 12.2. The van der Waals surface area contributed by atoms with Gasteiger partial charge in [0.2, 0.25) is 11.8 Å². The van der Waals surface area contributed by atoms with Gasteiger partial charge in [0.05, 0.1) is 0 Å². The largest absolute Gasteiger partial charge is 0.326 e. The minimum atomic E-state index is -0.0994. The van der Waals surface area contributed by atoms with Crippen molar-refractivity contribution in [1.29, 1.82) is 0 Å². The summed E-state index contributed by atoms with van der Waals surface area (Å²) in [6.07, 6.45) is 3.23. The quantitative estimate of drug-likeness (QED) is 0.796. The van der Waals surface area contributed by atoms with Gasteiger partial charge in [0.15, 0.2) is 0 Å². The van der Waals surface area contributed by atoms with Crippen molar-refractivity contribution in [2.75, 3.05) is 23.7 Å². The number of benzene rings is 1. The van der Waals surface area contributed by atoms with Crippen molar-refractivity contribution in [2.24, 2.45) is 11.3 Å². The third kappa shape index (κ3) is 3.08. The first-order valence-corrected chi connectivity index (χ1v) is 7.48. The van der Waals surface area contributed by atoms with Crippen LogP contribution in [0.2, 0.25) is 0 Å². The molecule has 1 unspecified atom stereocenters. The Labute approximate surface area is 124 Å². The highest BCUT2D eigenvalue weighted by Gasteiger charge is 2.57. The third-order valence-corrected chi connectivity index (χ3v) is 4.58. The second-order valence-corrected chi connectivity index (χ2v) is 6.12. The molecule has 1 atom stereocenters. The molecule has 2 amide bonds. The van der Waals surface area contributed by atoms with Crippen LogP contribution in [0, 0.1) is 11.3 Å². The Hall–Kier alpha value is -1.88. The first-order chi connectivity index (χ1) is 10.1. The average molecular weight is 287 g/mol. The molecule has 1 saturated carbocycles. The molecular formula is C16H21N3O2. The zero-order valence-corrected chi connectivity index (χ0v) is 12.2. The first kappa shape index (κ1) is 14.1. The normalized spacial score (nSPS) is 22.6. The second kappa shape index (κ2) is 5.48. The van der Waals surface area contributed by atoms with Gasteiger partial charge in [-0.25, -0.2) is 0 Å². The molecule has 0 aromatic heterocycles. The van der Waals surface area contributed by atoms with E-state index in [1.807, 2.05) is 12.1 Å². The maximum absolute atomic E-state index is 12.3. The van der Waals surface area contributed by atoms with Crippen molar-refractivity contribution in [3.8, 4) is 0 Å². The summed E-state index contributed by atoms with van der Waals surface area (Å²) in [6, 6.07) is 7.23. The minimum absolute atomic E-state index is 0.0994. The van der Waals surface area contributed by atoms with Gasteiger partial charge in [-0.2, -0.15) is 0 Å². The molecule has 3 rings (SSSR count). The lowest BCUT2D eigenvalue weighted by Gasteiger charge is -2.23. The summed E-state index contributed by atoms with van der Waals surface area (Å²) in [6.45, 7) is 3.52. The topological polar surface area (TPSA) is 70.2 Å². The van der Waals surface area contributed by atoms with E-state index in [9.17, 15) is 9.59 Å². The molecule has 5 heteroatoms. The number of amides is 2. The van der Waals surface area contributed by atoms with Crippen molar-refractivity contribution >= 4 is 23.2 Å². The van der Waals surface area contributed by atoms with Crippen molar-refractivity contribution in [3.63, 3.8) is 0 Å². The first-order valence-electron chi connectivity index (χ1n) is 7.48. The Bertz CT molecular complexity index is 547. The smallest absolute Gasteiger partial charge is 0.228 e. The predicted molar refractivity (Wildman–Crippen MR) is 82.0 cm³/mol. The van der Waals surface area contributed by atoms with Crippen molar-refractivity contribution in [2.45, 2.75) is 26.2 Å². The molecule has 5 nitrogen and oxygen atoms in total. The fourth-order valence-electron chi connectivity index (χ4n) is 3.27. The highest BCUT2D eigenvalue weighted by atomic mass is 16.2. The van der Waals surface area contributed by atoms with Gasteiger partial charge >= 0.3 is 0 Å². The summed E-state index contributed by atoms with van der Waals surface area (Å²) in [7, 11) is 0. The summed E-state index contributed by atoms with van der Waals surface area (Å²) in [5.74, 6) is 0.191. The van der Waals surface area contributed by atoms with E-state index < -0.39 is 0 Å². The molecule has 0 bridgehead atoms. The number of hydrogen-bond acceptors (Lipinski definition) is 3. The van der Waals surface area contributed by atoms with Crippen LogP contribution in [-0.2, 0) is 9.59 Å². The summed E-state index contributed by atoms with van der Waals surface area (Å²) in [5.41, 5.74) is 1.78. The standard InChI is InChI=1S/C16H21N3O2/c1-11(20)18-12-2-4-13(5-3-12)19-15(21)14-10-16(14)6-8-17-9-7-16/h2-5,14,17H,6-10H2,1H3,(H,18,20)(H,19,21). The van der Waals surface area contributed by atoms with Crippen LogP contribution in [0.25, 0.3) is 0 Å². The van der Waals surface area contributed by atoms with Gasteiger partial charge < -0.3 is 16.0 Å². The lowest BCUT2D eigenvalue weighted by Crippen LogP contribution is -2.31. The lowest BCUT2D eigenvalue weighted by molar-refractivity contribution is -0.118. The Balaban J connectivity index is 1.57. The molecule has 1 aromatic rings. The van der Waals surface area contributed by atoms with Crippen LogP contribution in [0.15, 0.2) is 24.3 Å². The van der Waals surface area contributed by atoms with Crippen LogP contribution in [0.1, 0.15) is 26.2 Å². The summed E-state index contributed by atoms with van der Waals surface area (Å²) < 4.78 is 0. The maximum atomic E-state index is 12.3. The number of hydrogen-bond donors (Lipinski definition) is 3. The molecule has 112 valence electrons. The van der Waals surface area contributed by atoms with Crippen LogP contribution in [-0.4, -0.2) is 24.9 Å². The molecular weight excluding hydrogens is 266 g/mol. The summed E-state index contributed by atoms with van der Waals surface area (Å²) >= 11 is 0. The van der Waals surface area contributed by atoms with E-state index in [0.29, 0.717) is 0 Å². The predicted octanol–water partition coefficient (Wildman–Crippen LogP) is 1.97. The highest BCUT2D eigenvalue weighted by molar-refractivity contribution is 5.95. The molecule has 21 heavy (non-hydrogen) atoms. The SMILES string of the molecule is CC(=O)Nc1ccc(NC(=O)C2CC23CCNCC3)cc1. The van der Waals surface area contributed by atoms with Gasteiger partial charge in [-0.3, -0.25) is 9.59 Å². The minimum Gasteiger partial charge on any atom is -0.326 e. The Morgan fingerprint density at radius 3 is 2.24 bits per heavy atom. The molecule has 0 radical (unpaired) electrons. The fourth-order valence-corrected chi connectivity index (χ4v) is 3.27. The van der Waals surface area contributed by atoms with Crippen molar-refractivity contribution < 1.29 is 9.59 Å². The van der Waals surface area contributed by atoms with Crippen molar-refractivity contribution in [1.82, 2.24) is 5.32 Å². The van der Waals surface area contributed by atoms with E-state index in [4.69, 9.17) is 0 Å². The molecule has 1 aliphatic heterocycles. The van der Waals surface area contributed by atoms with Gasteiger partial charge in [-0.15, -0.1) is 0 Å². The van der Waals surface area contributed by atoms with E-state index in [1.165, 1.54) is 6.92 Å². The molecule has 1 aromatic carbocycles.